The van der Waals surface area contributed by atoms with Crippen molar-refractivity contribution in [2.24, 2.45) is 0 Å². The van der Waals surface area contributed by atoms with Gasteiger partial charge in [0.2, 0.25) is 5.91 Å². The molecule has 4 nitrogen and oxygen atoms in total. The maximum atomic E-state index is 11.8. The predicted molar refractivity (Wildman–Crippen MR) is 87.5 cm³/mol. The van der Waals surface area contributed by atoms with Gasteiger partial charge in [-0.25, -0.2) is 0 Å². The third-order valence-electron chi connectivity index (χ3n) is 3.82. The van der Waals surface area contributed by atoms with Crippen molar-refractivity contribution in [1.29, 1.82) is 0 Å². The largest absolute Gasteiger partial charge is 0.494 e. The number of halogens is 1. The van der Waals surface area contributed by atoms with E-state index >= 15 is 0 Å². The number of carbonyl (C=O) groups is 1. The van der Waals surface area contributed by atoms with Crippen molar-refractivity contribution in [3.05, 3.63) is 28.7 Å². The molecule has 1 aromatic rings. The summed E-state index contributed by atoms with van der Waals surface area (Å²) in [6.07, 6.45) is 3.67. The minimum absolute atomic E-state index is 0.119. The summed E-state index contributed by atoms with van der Waals surface area (Å²) in [7, 11) is 2.12. The lowest BCUT2D eigenvalue weighted by Crippen LogP contribution is -2.38. The molecule has 1 aromatic carbocycles. The molecule has 1 fully saturated rings. The molecule has 0 aliphatic carbocycles. The van der Waals surface area contributed by atoms with Crippen molar-refractivity contribution < 1.29 is 9.53 Å². The monoisotopic (exact) mass is 354 g/mol. The molecule has 1 atom stereocenters. The van der Waals surface area contributed by atoms with E-state index in [1.165, 1.54) is 12.8 Å². The lowest BCUT2D eigenvalue weighted by atomic mass is 10.2. The zero-order valence-corrected chi connectivity index (χ0v) is 14.1. The number of nitrogens with one attached hydrogen (secondary N) is 1. The van der Waals surface area contributed by atoms with Crippen LogP contribution in [0.15, 0.2) is 28.7 Å². The van der Waals surface area contributed by atoms with Gasteiger partial charge in [0.25, 0.3) is 0 Å². The molecule has 1 N–H and O–H groups in total. The van der Waals surface area contributed by atoms with Gasteiger partial charge in [0, 0.05) is 23.5 Å². The van der Waals surface area contributed by atoms with E-state index in [9.17, 15) is 4.79 Å². The molecule has 1 aliphatic heterocycles. The summed E-state index contributed by atoms with van der Waals surface area (Å²) in [6.45, 7) is 2.47. The standard InChI is InChI=1S/C16H23BrN2O2/c1-19-9-3-6-14(19)12-18-16(20)8-4-10-21-15-7-2-5-13(17)11-15/h2,5,7,11,14H,3-4,6,8-10,12H2,1H3,(H,18,20)/t14-/m1/s1. The Balaban J connectivity index is 1.57. The smallest absolute Gasteiger partial charge is 0.220 e. The summed E-state index contributed by atoms with van der Waals surface area (Å²) >= 11 is 3.40. The molecule has 1 aliphatic rings. The van der Waals surface area contributed by atoms with Gasteiger partial charge in [-0.3, -0.25) is 4.79 Å². The van der Waals surface area contributed by atoms with Crippen molar-refractivity contribution >= 4 is 21.8 Å². The van der Waals surface area contributed by atoms with E-state index in [-0.39, 0.29) is 5.91 Å². The van der Waals surface area contributed by atoms with Gasteiger partial charge in [0.05, 0.1) is 6.61 Å². The van der Waals surface area contributed by atoms with Gasteiger partial charge in [-0.05, 0) is 51.1 Å². The fraction of sp³-hybridized carbons (Fsp3) is 0.562. The number of amides is 1. The normalized spacial score (nSPS) is 18.7. The second-order valence-corrected chi connectivity index (χ2v) is 6.41. The van der Waals surface area contributed by atoms with Crippen LogP contribution in [0.4, 0.5) is 0 Å². The predicted octanol–water partition coefficient (Wildman–Crippen LogP) is 2.82. The van der Waals surface area contributed by atoms with Crippen LogP contribution in [0, 0.1) is 0 Å². The number of hydrogen-bond donors (Lipinski definition) is 1. The molecule has 1 saturated heterocycles. The van der Waals surface area contributed by atoms with E-state index in [0.29, 0.717) is 19.1 Å². The highest BCUT2D eigenvalue weighted by atomic mass is 79.9. The molecule has 0 spiro atoms. The summed E-state index contributed by atoms with van der Waals surface area (Å²) in [5.41, 5.74) is 0. The number of nitrogens with zero attached hydrogens (tertiary/aromatic N) is 1. The number of likely N-dealkylation sites (tertiary alicyclic amines) is 1. The van der Waals surface area contributed by atoms with Crippen LogP contribution in [0.1, 0.15) is 25.7 Å². The Morgan fingerprint density at radius 3 is 3.10 bits per heavy atom. The second-order valence-electron chi connectivity index (χ2n) is 5.49. The molecule has 0 saturated carbocycles. The van der Waals surface area contributed by atoms with Gasteiger partial charge >= 0.3 is 0 Å². The Labute approximate surface area is 135 Å². The lowest BCUT2D eigenvalue weighted by molar-refractivity contribution is -0.121. The molecule has 116 valence electrons. The van der Waals surface area contributed by atoms with Crippen LogP contribution in [0.3, 0.4) is 0 Å². The first kappa shape index (κ1) is 16.3. The first-order chi connectivity index (χ1) is 10.1. The van der Waals surface area contributed by atoms with Crippen molar-refractivity contribution in [1.82, 2.24) is 10.2 Å². The number of hydrogen-bond acceptors (Lipinski definition) is 3. The minimum atomic E-state index is 0.119. The molecule has 1 amide bonds. The van der Waals surface area contributed by atoms with E-state index in [2.05, 4.69) is 33.2 Å². The van der Waals surface area contributed by atoms with Crippen molar-refractivity contribution in [2.75, 3.05) is 26.7 Å². The van der Waals surface area contributed by atoms with Crippen LogP contribution in [-0.2, 0) is 4.79 Å². The zero-order chi connectivity index (χ0) is 15.1. The highest BCUT2D eigenvalue weighted by Gasteiger charge is 2.20. The van der Waals surface area contributed by atoms with Crippen LogP contribution in [0.25, 0.3) is 0 Å². The minimum Gasteiger partial charge on any atom is -0.494 e. The molecule has 0 bridgehead atoms. The van der Waals surface area contributed by atoms with Gasteiger partial charge in [0.1, 0.15) is 5.75 Å². The summed E-state index contributed by atoms with van der Waals surface area (Å²) in [5, 5.41) is 3.02. The SMILES string of the molecule is CN1CCC[C@@H]1CNC(=O)CCCOc1cccc(Br)c1. The Morgan fingerprint density at radius 2 is 2.38 bits per heavy atom. The van der Waals surface area contributed by atoms with Crippen molar-refractivity contribution in [3.8, 4) is 5.75 Å². The summed E-state index contributed by atoms with van der Waals surface area (Å²) in [4.78, 5) is 14.1. The van der Waals surface area contributed by atoms with E-state index in [1.54, 1.807) is 0 Å². The second kappa shape index (κ2) is 8.39. The van der Waals surface area contributed by atoms with Gasteiger partial charge in [0.15, 0.2) is 0 Å². The maximum Gasteiger partial charge on any atom is 0.220 e. The van der Waals surface area contributed by atoms with E-state index in [4.69, 9.17) is 4.74 Å². The third-order valence-corrected chi connectivity index (χ3v) is 4.31. The fourth-order valence-corrected chi connectivity index (χ4v) is 2.91. The van der Waals surface area contributed by atoms with Gasteiger partial charge < -0.3 is 15.0 Å². The number of rotatable bonds is 7. The van der Waals surface area contributed by atoms with Crippen molar-refractivity contribution in [2.45, 2.75) is 31.7 Å². The first-order valence-corrected chi connectivity index (χ1v) is 8.30. The van der Waals surface area contributed by atoms with Gasteiger partial charge in [-0.1, -0.05) is 22.0 Å². The quantitative estimate of drug-likeness (QED) is 0.765. The van der Waals surface area contributed by atoms with Crippen molar-refractivity contribution in [3.63, 3.8) is 0 Å². The topological polar surface area (TPSA) is 41.6 Å². The highest BCUT2D eigenvalue weighted by Crippen LogP contribution is 2.18. The maximum absolute atomic E-state index is 11.8. The number of ether oxygens (including phenoxy) is 1. The Morgan fingerprint density at radius 1 is 1.52 bits per heavy atom. The van der Waals surface area contributed by atoms with E-state index < -0.39 is 0 Å². The summed E-state index contributed by atoms with van der Waals surface area (Å²) in [5.74, 6) is 0.950. The Bertz CT molecular complexity index is 467. The van der Waals surface area contributed by atoms with Crippen LogP contribution in [0.5, 0.6) is 5.75 Å². The summed E-state index contributed by atoms with van der Waals surface area (Å²) in [6, 6.07) is 8.24. The average molecular weight is 355 g/mol. The Hall–Kier alpha value is -1.07. The zero-order valence-electron chi connectivity index (χ0n) is 12.5. The number of likely N-dealkylation sites (N-methyl/N-ethyl adjacent to an activating group) is 1. The van der Waals surface area contributed by atoms with Crippen LogP contribution < -0.4 is 10.1 Å². The molecule has 1 heterocycles. The van der Waals surface area contributed by atoms with Crippen LogP contribution in [-0.4, -0.2) is 43.6 Å². The molecule has 0 radical (unpaired) electrons. The lowest BCUT2D eigenvalue weighted by Gasteiger charge is -2.19. The summed E-state index contributed by atoms with van der Waals surface area (Å²) < 4.78 is 6.61. The fourth-order valence-electron chi connectivity index (χ4n) is 2.54. The number of benzene rings is 1. The molecule has 2 rings (SSSR count). The highest BCUT2D eigenvalue weighted by molar-refractivity contribution is 9.10. The van der Waals surface area contributed by atoms with Gasteiger partial charge in [-0.2, -0.15) is 0 Å². The average Bonchev–Trinajstić information content (AvgIpc) is 2.87. The molecular formula is C16H23BrN2O2. The first-order valence-electron chi connectivity index (χ1n) is 7.50. The molecular weight excluding hydrogens is 332 g/mol. The van der Waals surface area contributed by atoms with Crippen LogP contribution >= 0.6 is 15.9 Å². The molecule has 0 unspecified atom stereocenters. The van der Waals surface area contributed by atoms with Gasteiger partial charge in [-0.15, -0.1) is 0 Å². The van der Waals surface area contributed by atoms with Crippen LogP contribution in [0.2, 0.25) is 0 Å². The Kier molecular flexibility index (Phi) is 6.51. The molecule has 0 aromatic heterocycles. The molecule has 5 heteroatoms. The molecule has 21 heavy (non-hydrogen) atoms. The third kappa shape index (κ3) is 5.67. The number of carbonyl (C=O) groups excluding carboxylic acids is 1. The van der Waals surface area contributed by atoms with E-state index in [1.807, 2.05) is 24.3 Å². The van der Waals surface area contributed by atoms with E-state index in [0.717, 1.165) is 29.7 Å².